The van der Waals surface area contributed by atoms with E-state index in [1.54, 1.807) is 18.4 Å². The molecule has 0 bridgehead atoms. The number of thiazole rings is 1. The first-order valence-corrected chi connectivity index (χ1v) is 6.72. The molecule has 0 fully saturated rings. The summed E-state index contributed by atoms with van der Waals surface area (Å²) in [4.78, 5) is 4.59. The van der Waals surface area contributed by atoms with Crippen LogP contribution in [-0.4, -0.2) is 24.7 Å². The minimum Gasteiger partial charge on any atom is -0.383 e. The number of nitrogens with zero attached hydrogens (tertiary/aromatic N) is 1. The second kappa shape index (κ2) is 6.10. The lowest BCUT2D eigenvalue weighted by molar-refractivity contribution is 0.164. The smallest absolute Gasteiger partial charge is 0.108 e. The number of methoxy groups -OCH3 is 1. The molecule has 2 rings (SSSR count). The summed E-state index contributed by atoms with van der Waals surface area (Å²) in [7, 11) is 1.74. The number of hydrogen-bond acceptors (Lipinski definition) is 4. The van der Waals surface area contributed by atoms with Crippen molar-refractivity contribution >= 4 is 21.6 Å². The zero-order valence-corrected chi connectivity index (χ0v) is 11.1. The van der Waals surface area contributed by atoms with E-state index in [0.717, 1.165) is 30.1 Å². The molecule has 0 aliphatic rings. The van der Waals surface area contributed by atoms with Crippen LogP contribution in [0.3, 0.4) is 0 Å². The molecule has 1 N–H and O–H groups in total. The molecule has 0 amide bonds. The van der Waals surface area contributed by atoms with Crippen LogP contribution in [0.15, 0.2) is 24.3 Å². The number of benzene rings is 1. The molecule has 0 saturated carbocycles. The monoisotopic (exact) mass is 250 g/mol. The summed E-state index contributed by atoms with van der Waals surface area (Å²) in [5.74, 6) is 0. The van der Waals surface area contributed by atoms with Crippen molar-refractivity contribution in [1.29, 1.82) is 0 Å². The Kier molecular flexibility index (Phi) is 4.48. The van der Waals surface area contributed by atoms with Crippen LogP contribution < -0.4 is 5.32 Å². The van der Waals surface area contributed by atoms with E-state index in [4.69, 9.17) is 4.74 Å². The summed E-state index contributed by atoms with van der Waals surface area (Å²) >= 11 is 1.75. The van der Waals surface area contributed by atoms with Gasteiger partial charge in [-0.2, -0.15) is 0 Å². The van der Waals surface area contributed by atoms with Gasteiger partial charge in [0.05, 0.1) is 16.8 Å². The maximum Gasteiger partial charge on any atom is 0.108 e. The fourth-order valence-corrected chi connectivity index (χ4v) is 2.67. The molecule has 0 saturated heterocycles. The molecular weight excluding hydrogens is 232 g/mol. The Morgan fingerprint density at radius 2 is 2.24 bits per heavy atom. The molecule has 0 radical (unpaired) electrons. The van der Waals surface area contributed by atoms with E-state index in [0.29, 0.717) is 6.04 Å². The minimum atomic E-state index is 0.409. The zero-order valence-electron chi connectivity index (χ0n) is 10.3. The fourth-order valence-electron chi connectivity index (χ4n) is 1.75. The predicted octanol–water partition coefficient (Wildman–Crippen LogP) is 2.81. The molecule has 0 aliphatic heterocycles. The molecule has 17 heavy (non-hydrogen) atoms. The van der Waals surface area contributed by atoms with Gasteiger partial charge in [-0.25, -0.2) is 4.98 Å². The highest BCUT2D eigenvalue weighted by Crippen LogP contribution is 2.21. The van der Waals surface area contributed by atoms with E-state index in [1.807, 2.05) is 6.07 Å². The average molecular weight is 250 g/mol. The first kappa shape index (κ1) is 12.5. The Morgan fingerprint density at radius 3 is 2.94 bits per heavy atom. The topological polar surface area (TPSA) is 34.1 Å². The van der Waals surface area contributed by atoms with Crippen molar-refractivity contribution in [1.82, 2.24) is 10.3 Å². The summed E-state index contributed by atoms with van der Waals surface area (Å²) in [5.41, 5.74) is 1.09. The summed E-state index contributed by atoms with van der Waals surface area (Å²) < 4.78 is 6.42. The molecular formula is C13H18N2OS. The molecule has 0 aliphatic carbocycles. The van der Waals surface area contributed by atoms with E-state index >= 15 is 0 Å². The third-order valence-corrected chi connectivity index (χ3v) is 3.78. The standard InChI is InChI=1S/C13H18N2OS/c1-3-10(9-16-2)14-8-13-15-11-6-4-5-7-12(11)17-13/h4-7,10,14H,3,8-9H2,1-2H3. The predicted molar refractivity (Wildman–Crippen MR) is 72.4 cm³/mol. The molecule has 1 unspecified atom stereocenters. The van der Waals surface area contributed by atoms with Gasteiger partial charge in [-0.1, -0.05) is 19.1 Å². The number of aromatic nitrogens is 1. The van der Waals surface area contributed by atoms with Crippen LogP contribution in [0.5, 0.6) is 0 Å². The highest BCUT2D eigenvalue weighted by Gasteiger charge is 2.07. The lowest BCUT2D eigenvalue weighted by Crippen LogP contribution is -2.31. The Balaban J connectivity index is 1.98. The van der Waals surface area contributed by atoms with E-state index in [-0.39, 0.29) is 0 Å². The van der Waals surface area contributed by atoms with Crippen LogP contribution >= 0.6 is 11.3 Å². The van der Waals surface area contributed by atoms with Crippen LogP contribution in [0.25, 0.3) is 10.2 Å². The molecule has 2 aromatic rings. The molecule has 1 aromatic carbocycles. The third-order valence-electron chi connectivity index (χ3n) is 2.74. The van der Waals surface area contributed by atoms with Crippen LogP contribution in [0.1, 0.15) is 18.4 Å². The van der Waals surface area contributed by atoms with E-state index in [1.165, 1.54) is 4.70 Å². The molecule has 3 nitrogen and oxygen atoms in total. The Labute approximate surface area is 106 Å². The largest absolute Gasteiger partial charge is 0.383 e. The van der Waals surface area contributed by atoms with Gasteiger partial charge in [-0.05, 0) is 18.6 Å². The molecule has 92 valence electrons. The number of fused-ring (bicyclic) bond motifs is 1. The van der Waals surface area contributed by atoms with Crippen molar-refractivity contribution < 1.29 is 4.74 Å². The number of nitrogens with one attached hydrogen (secondary N) is 1. The van der Waals surface area contributed by atoms with Crippen molar-refractivity contribution in [3.63, 3.8) is 0 Å². The molecule has 1 aromatic heterocycles. The maximum absolute atomic E-state index is 5.16. The molecule has 0 spiro atoms. The van der Waals surface area contributed by atoms with Gasteiger partial charge in [0.2, 0.25) is 0 Å². The quantitative estimate of drug-likeness (QED) is 0.856. The van der Waals surface area contributed by atoms with Crippen LogP contribution in [0.2, 0.25) is 0 Å². The average Bonchev–Trinajstić information content (AvgIpc) is 2.77. The SMILES string of the molecule is CCC(COC)NCc1nc2ccccc2s1. The first-order valence-electron chi connectivity index (χ1n) is 5.90. The number of ether oxygens (including phenoxy) is 1. The van der Waals surface area contributed by atoms with E-state index < -0.39 is 0 Å². The highest BCUT2D eigenvalue weighted by atomic mass is 32.1. The van der Waals surface area contributed by atoms with Crippen molar-refractivity contribution in [2.75, 3.05) is 13.7 Å². The molecule has 1 atom stereocenters. The summed E-state index contributed by atoms with van der Waals surface area (Å²) in [6, 6.07) is 8.66. The van der Waals surface area contributed by atoms with Gasteiger partial charge in [-0.3, -0.25) is 0 Å². The van der Waals surface area contributed by atoms with Crippen LogP contribution in [0.4, 0.5) is 0 Å². The molecule has 4 heteroatoms. The van der Waals surface area contributed by atoms with Gasteiger partial charge in [0.25, 0.3) is 0 Å². The van der Waals surface area contributed by atoms with Gasteiger partial charge in [-0.15, -0.1) is 11.3 Å². The lowest BCUT2D eigenvalue weighted by atomic mass is 10.2. The number of rotatable bonds is 6. The zero-order chi connectivity index (χ0) is 12.1. The second-order valence-corrected chi connectivity index (χ2v) is 5.13. The van der Waals surface area contributed by atoms with Crippen molar-refractivity contribution in [2.24, 2.45) is 0 Å². The summed E-state index contributed by atoms with van der Waals surface area (Å²) in [5, 5.41) is 4.61. The van der Waals surface area contributed by atoms with Gasteiger partial charge < -0.3 is 10.1 Å². The van der Waals surface area contributed by atoms with Gasteiger partial charge in [0.1, 0.15) is 5.01 Å². The van der Waals surface area contributed by atoms with Gasteiger partial charge in [0, 0.05) is 19.7 Å². The van der Waals surface area contributed by atoms with Gasteiger partial charge >= 0.3 is 0 Å². The number of para-hydroxylation sites is 1. The van der Waals surface area contributed by atoms with Crippen molar-refractivity contribution in [3.8, 4) is 0 Å². The highest BCUT2D eigenvalue weighted by molar-refractivity contribution is 7.18. The Bertz CT molecular complexity index is 436. The van der Waals surface area contributed by atoms with Crippen LogP contribution in [-0.2, 0) is 11.3 Å². The van der Waals surface area contributed by atoms with E-state index in [9.17, 15) is 0 Å². The third kappa shape index (κ3) is 3.25. The maximum atomic E-state index is 5.16. The fraction of sp³-hybridized carbons (Fsp3) is 0.462. The lowest BCUT2D eigenvalue weighted by Gasteiger charge is -2.14. The molecule has 1 heterocycles. The normalized spacial score (nSPS) is 13.1. The Morgan fingerprint density at radius 1 is 1.41 bits per heavy atom. The first-order chi connectivity index (χ1) is 8.33. The second-order valence-electron chi connectivity index (χ2n) is 4.02. The minimum absolute atomic E-state index is 0.409. The Hall–Kier alpha value is -0.970. The summed E-state index contributed by atoms with van der Waals surface area (Å²) in [6.07, 6.45) is 1.07. The van der Waals surface area contributed by atoms with Crippen molar-refractivity contribution in [3.05, 3.63) is 29.3 Å². The van der Waals surface area contributed by atoms with Crippen molar-refractivity contribution in [2.45, 2.75) is 25.9 Å². The number of hydrogen-bond donors (Lipinski definition) is 1. The summed E-state index contributed by atoms with van der Waals surface area (Å²) in [6.45, 7) is 3.73. The van der Waals surface area contributed by atoms with E-state index in [2.05, 4.69) is 35.4 Å². The van der Waals surface area contributed by atoms with Crippen LogP contribution in [0, 0.1) is 0 Å². The van der Waals surface area contributed by atoms with Gasteiger partial charge in [0.15, 0.2) is 0 Å².